The summed E-state index contributed by atoms with van der Waals surface area (Å²) in [7, 11) is 1.50. The number of nitrogens with zero attached hydrogens (tertiary/aromatic N) is 1. The number of epoxide rings is 1. The third-order valence-electron chi connectivity index (χ3n) is 19.3. The van der Waals surface area contributed by atoms with E-state index in [9.17, 15) is 38.4 Å². The van der Waals surface area contributed by atoms with Crippen LogP contribution in [-0.4, -0.2) is 132 Å². The Balaban J connectivity index is -0.00000102. The fourth-order valence-electron chi connectivity index (χ4n) is 5.65. The molecule has 3 fully saturated rings. The zero-order valence-electron chi connectivity index (χ0n) is 63.1. The first-order chi connectivity index (χ1) is 39.6. The summed E-state index contributed by atoms with van der Waals surface area (Å²) in [6.07, 6.45) is -0.818. The Labute approximate surface area is 544 Å². The van der Waals surface area contributed by atoms with E-state index in [2.05, 4.69) is 4.74 Å². The van der Waals surface area contributed by atoms with Gasteiger partial charge in [-0.25, -0.2) is 4.79 Å². The second-order valence-corrected chi connectivity index (χ2v) is 34.1. The highest BCUT2D eigenvalue weighted by Gasteiger charge is 2.51. The molecule has 0 N–H and O–H groups in total. The van der Waals surface area contributed by atoms with Gasteiger partial charge in [0.25, 0.3) is 0 Å². The molecule has 0 aromatic carbocycles. The lowest BCUT2D eigenvalue weighted by Crippen LogP contribution is -2.44. The van der Waals surface area contributed by atoms with Gasteiger partial charge in [-0.15, -0.1) is 0 Å². The molecule has 0 aromatic rings. The molecule has 3 saturated heterocycles. The number of rotatable bonds is 16. The number of carbonyl (C=O) groups excluding carboxylic acids is 8. The van der Waals surface area contributed by atoms with Crippen molar-refractivity contribution in [3.8, 4) is 6.07 Å². The fourth-order valence-corrected chi connectivity index (χ4v) is 5.65. The van der Waals surface area contributed by atoms with E-state index in [0.717, 1.165) is 6.61 Å². The second kappa shape index (κ2) is 33.4. The molecule has 20 heteroatoms. The van der Waals surface area contributed by atoms with Crippen molar-refractivity contribution >= 4 is 47.6 Å². The van der Waals surface area contributed by atoms with Crippen molar-refractivity contribution in [1.29, 1.82) is 5.26 Å². The first-order valence-electron chi connectivity index (χ1n) is 31.2. The van der Waals surface area contributed by atoms with Gasteiger partial charge in [0.15, 0.2) is 25.0 Å². The fraction of sp³-hybridized carbons (Fsp3) is 0.871. The molecule has 3 aliphatic heterocycles. The molecule has 0 bridgehead atoms. The van der Waals surface area contributed by atoms with Crippen LogP contribution in [0, 0.1) is 81.7 Å². The largest absolute Gasteiger partial charge is 0.462 e. The number of Topliss-reactive ketones (excluding diaryl/α,β-unsaturated/α-hetero) is 1. The number of methoxy groups -OCH3 is 1. The molecule has 3 heterocycles. The monoisotopic (exact) mass is 1290 g/mol. The van der Waals surface area contributed by atoms with Crippen molar-refractivity contribution in [2.45, 2.75) is 266 Å². The molecule has 0 saturated carbocycles. The number of hydrogen-bond donors (Lipinski definition) is 0. The number of hydrogen-bond acceptors (Lipinski definition) is 20. The van der Waals surface area contributed by atoms with E-state index in [-0.39, 0.29) is 113 Å². The minimum absolute atomic E-state index is 0.0261. The maximum Gasteiger partial charge on any atom is 0.348 e. The molecule has 90 heavy (non-hydrogen) atoms. The molecular formula is C70H127NO19. The Morgan fingerprint density at radius 3 is 1.06 bits per heavy atom. The van der Waals surface area contributed by atoms with Gasteiger partial charge >= 0.3 is 41.8 Å². The summed E-state index contributed by atoms with van der Waals surface area (Å²) in [5.41, 5.74) is -4.67. The van der Waals surface area contributed by atoms with Crippen molar-refractivity contribution in [2.24, 2.45) is 70.4 Å². The molecule has 526 valence electrons. The summed E-state index contributed by atoms with van der Waals surface area (Å²) in [6, 6.07) is 1.78. The summed E-state index contributed by atoms with van der Waals surface area (Å²) < 4.78 is 56.2. The number of nitriles is 1. The predicted molar refractivity (Wildman–Crippen MR) is 347 cm³/mol. The van der Waals surface area contributed by atoms with Gasteiger partial charge in [0.05, 0.1) is 45.7 Å². The van der Waals surface area contributed by atoms with Crippen LogP contribution >= 0.6 is 0 Å². The van der Waals surface area contributed by atoms with E-state index >= 15 is 0 Å². The van der Waals surface area contributed by atoms with E-state index in [1.165, 1.54) is 14.0 Å². The molecule has 0 aromatic heterocycles. The standard InChI is InChI=1S/C14H24O4.C14H26O4.2C11H20O3.C10H17NO2.C10H20O3/c1-12(2,3)14(6,7)11(16)18-9-10(15)17-8-13(9,4)5;1-12(2,3)13(4,5)11(15)16-8-10-9-17-14(6,7)18-10;1-10(2,3)11(4,5)9(12)14-7-8-6-13-8;1-8(12)7-14-9(13)11(5,6)10(2,3)4;1-9(2,3)10(4,5)8(12)13-7-6-11;1-9(2,3)10(4,5)8(11)13-7-12-6/h9H,8H2,1-7H3;10H,8-9H2,1-7H3;8H,6-7H2,1-5H3;7H2,1-6H3;7H2,1-5H3;7H2,1-6H3. The van der Waals surface area contributed by atoms with Gasteiger partial charge in [0, 0.05) is 12.5 Å². The van der Waals surface area contributed by atoms with E-state index < -0.39 is 55.8 Å². The number of ketones is 1. The van der Waals surface area contributed by atoms with Crippen molar-refractivity contribution in [2.75, 3.05) is 60.2 Å². The van der Waals surface area contributed by atoms with Gasteiger partial charge in [-0.3, -0.25) is 33.6 Å². The molecule has 20 nitrogen and oxygen atoms in total. The smallest absolute Gasteiger partial charge is 0.348 e. The summed E-state index contributed by atoms with van der Waals surface area (Å²) in [6.45, 7) is 69.2. The van der Waals surface area contributed by atoms with Crippen LogP contribution in [0.25, 0.3) is 0 Å². The van der Waals surface area contributed by atoms with E-state index in [1.807, 2.05) is 235 Å². The molecule has 3 aliphatic rings. The zero-order valence-corrected chi connectivity index (χ0v) is 63.1. The maximum atomic E-state index is 12.3. The lowest BCUT2D eigenvalue weighted by molar-refractivity contribution is -0.175. The van der Waals surface area contributed by atoms with Crippen LogP contribution in [0.15, 0.2) is 0 Å². The van der Waals surface area contributed by atoms with Crippen molar-refractivity contribution in [3.63, 3.8) is 0 Å². The molecular weight excluding hydrogens is 1160 g/mol. The quantitative estimate of drug-likeness (QED) is 0.0601. The maximum absolute atomic E-state index is 12.3. The zero-order chi connectivity index (χ0) is 72.5. The van der Waals surface area contributed by atoms with Crippen LogP contribution in [-0.2, 0) is 90.5 Å². The minimum Gasteiger partial charge on any atom is -0.462 e. The Morgan fingerprint density at radius 2 is 0.789 bits per heavy atom. The topological polar surface area (TPSA) is 265 Å². The Morgan fingerprint density at radius 1 is 0.478 bits per heavy atom. The van der Waals surface area contributed by atoms with Crippen LogP contribution in [0.5, 0.6) is 0 Å². The Bertz CT molecular complexity index is 2390. The normalized spacial score (nSPS) is 18.5. The van der Waals surface area contributed by atoms with Gasteiger partial charge in [-0.2, -0.15) is 5.26 Å². The second-order valence-electron chi connectivity index (χ2n) is 34.1. The Kier molecular flexibility index (Phi) is 33.2. The summed E-state index contributed by atoms with van der Waals surface area (Å²) >= 11 is 0. The Hall–Kier alpha value is -4.71. The van der Waals surface area contributed by atoms with Gasteiger partial charge in [0.1, 0.15) is 44.7 Å². The van der Waals surface area contributed by atoms with Crippen LogP contribution in [0.3, 0.4) is 0 Å². The lowest BCUT2D eigenvalue weighted by Gasteiger charge is -2.37. The summed E-state index contributed by atoms with van der Waals surface area (Å²) in [4.78, 5) is 93.1. The van der Waals surface area contributed by atoms with Gasteiger partial charge < -0.3 is 52.1 Å². The molecule has 0 spiro atoms. The molecule has 3 atom stereocenters. The SMILES string of the molecule is CC(=O)COC(=O)C(C)(C)C(C)(C)C.CC(C)(C)C(C)(C)C(=O)OCC#N.CC(C)(C)C(C)(C)C(=O)OCC1CO1.CC1(C)COC(=O)C1OC(=O)C(C)(C)C(C)(C)C.CC1(C)OCC(COC(=O)C(C)(C)C(C)(C)C)O1.COCOC(=O)C(C)(C)C(C)(C)C. The molecule has 0 amide bonds. The van der Waals surface area contributed by atoms with E-state index in [1.54, 1.807) is 6.07 Å². The molecule has 0 radical (unpaired) electrons. The molecule has 3 unspecified atom stereocenters. The number of ether oxygens (including phenoxy) is 11. The highest BCUT2D eigenvalue weighted by molar-refractivity contribution is 5.84. The first-order valence-corrected chi connectivity index (χ1v) is 31.2. The average molecular weight is 1290 g/mol. The van der Waals surface area contributed by atoms with Crippen LogP contribution in [0.4, 0.5) is 0 Å². The lowest BCUT2D eigenvalue weighted by atomic mass is 9.69. The van der Waals surface area contributed by atoms with Crippen LogP contribution in [0.2, 0.25) is 0 Å². The van der Waals surface area contributed by atoms with Crippen molar-refractivity contribution in [3.05, 3.63) is 0 Å². The van der Waals surface area contributed by atoms with E-state index in [4.69, 9.17) is 52.6 Å². The molecule has 0 aliphatic carbocycles. The van der Waals surface area contributed by atoms with Gasteiger partial charge in [0.2, 0.25) is 6.10 Å². The first kappa shape index (κ1) is 89.5. The highest BCUT2D eigenvalue weighted by Crippen LogP contribution is 2.44. The van der Waals surface area contributed by atoms with Crippen molar-refractivity contribution < 1.29 is 90.5 Å². The summed E-state index contributed by atoms with van der Waals surface area (Å²) in [5, 5.41) is 8.26. The third-order valence-corrected chi connectivity index (χ3v) is 19.3. The summed E-state index contributed by atoms with van der Waals surface area (Å²) in [5.74, 6) is -2.70. The molecule has 3 rings (SSSR count). The third kappa shape index (κ3) is 27.9. The number of cyclic esters (lactones) is 1. The van der Waals surface area contributed by atoms with Gasteiger partial charge in [-0.1, -0.05) is 138 Å². The van der Waals surface area contributed by atoms with Crippen LogP contribution < -0.4 is 0 Å². The van der Waals surface area contributed by atoms with Crippen LogP contribution in [0.1, 0.15) is 242 Å². The minimum atomic E-state index is -0.799. The predicted octanol–water partition coefficient (Wildman–Crippen LogP) is 13.8. The van der Waals surface area contributed by atoms with Gasteiger partial charge in [-0.05, 0) is 136 Å². The number of esters is 7. The average Bonchev–Trinajstić information content (AvgIpc) is 1.67. The number of carbonyl (C=O) groups is 8. The van der Waals surface area contributed by atoms with E-state index in [0.29, 0.717) is 19.8 Å². The van der Waals surface area contributed by atoms with Crippen molar-refractivity contribution in [1.82, 2.24) is 0 Å². The highest BCUT2D eigenvalue weighted by atomic mass is 16.8.